The molecule has 0 spiro atoms. The summed E-state index contributed by atoms with van der Waals surface area (Å²) in [7, 11) is 1.72. The molecular weight excluding hydrogens is 246 g/mol. The highest BCUT2D eigenvalue weighted by molar-refractivity contribution is 5.34. The molecule has 2 aromatic carbocycles. The normalized spacial score (nSPS) is 16.9. The lowest BCUT2D eigenvalue weighted by atomic mass is 10.1. The topological polar surface area (TPSA) is 21.3 Å². The summed E-state index contributed by atoms with van der Waals surface area (Å²) in [5, 5.41) is 3.68. The lowest BCUT2D eigenvalue weighted by Gasteiger charge is -2.14. The lowest BCUT2D eigenvalue weighted by molar-refractivity contribution is 0.414. The molecule has 2 nitrogen and oxygen atoms in total. The molecule has 0 amide bonds. The maximum absolute atomic E-state index is 5.26. The second-order valence-electron chi connectivity index (χ2n) is 5.35. The van der Waals surface area contributed by atoms with Gasteiger partial charge in [0.2, 0.25) is 0 Å². The zero-order valence-corrected chi connectivity index (χ0v) is 11.9. The summed E-state index contributed by atoms with van der Waals surface area (Å²) in [5.74, 6) is 0.939. The van der Waals surface area contributed by atoms with Crippen LogP contribution in [0.3, 0.4) is 0 Å². The minimum Gasteiger partial charge on any atom is -0.497 e. The Morgan fingerprint density at radius 1 is 1.15 bits per heavy atom. The van der Waals surface area contributed by atoms with Gasteiger partial charge in [-0.3, -0.25) is 0 Å². The zero-order chi connectivity index (χ0) is 13.8. The van der Waals surface area contributed by atoms with E-state index in [-0.39, 0.29) is 0 Å². The number of methoxy groups -OCH3 is 1. The van der Waals surface area contributed by atoms with Crippen molar-refractivity contribution in [1.29, 1.82) is 0 Å². The van der Waals surface area contributed by atoms with Gasteiger partial charge in [-0.2, -0.15) is 0 Å². The summed E-state index contributed by atoms with van der Waals surface area (Å²) in [5.41, 5.74) is 4.31. The van der Waals surface area contributed by atoms with Crippen molar-refractivity contribution in [2.75, 3.05) is 13.7 Å². The number of benzene rings is 2. The van der Waals surface area contributed by atoms with Crippen LogP contribution in [0.15, 0.2) is 48.5 Å². The number of hydrogen-bond acceptors (Lipinski definition) is 2. The van der Waals surface area contributed by atoms with Gasteiger partial charge in [-0.25, -0.2) is 0 Å². The summed E-state index contributed by atoms with van der Waals surface area (Å²) < 4.78 is 5.26. The van der Waals surface area contributed by atoms with Crippen LogP contribution in [0.1, 0.15) is 29.2 Å². The van der Waals surface area contributed by atoms with Crippen molar-refractivity contribution >= 4 is 0 Å². The Bertz CT molecular complexity index is 579. The van der Waals surface area contributed by atoms with E-state index in [1.165, 1.54) is 29.5 Å². The van der Waals surface area contributed by atoms with Crippen LogP contribution < -0.4 is 10.1 Å². The van der Waals surface area contributed by atoms with Gasteiger partial charge in [-0.1, -0.05) is 36.4 Å². The molecule has 0 fully saturated rings. The standard InChI is InChI=1S/C18H21NO/c1-20-16-7-4-5-14(13-16)11-12-19-18-10-9-15-6-2-3-8-17(15)18/h2-8,13,18-19H,9-12H2,1H3. The molecule has 104 valence electrons. The molecule has 0 bridgehead atoms. The minimum atomic E-state index is 0.525. The Morgan fingerprint density at radius 3 is 2.95 bits per heavy atom. The van der Waals surface area contributed by atoms with Crippen LogP contribution >= 0.6 is 0 Å². The predicted molar refractivity (Wildman–Crippen MR) is 82.2 cm³/mol. The summed E-state index contributed by atoms with van der Waals surface area (Å²) >= 11 is 0. The number of nitrogens with one attached hydrogen (secondary N) is 1. The molecule has 1 aliphatic carbocycles. The average Bonchev–Trinajstić information content (AvgIpc) is 2.91. The molecule has 0 aromatic heterocycles. The molecule has 0 saturated carbocycles. The van der Waals surface area contributed by atoms with Gasteiger partial charge in [0.1, 0.15) is 5.75 Å². The second kappa shape index (κ2) is 6.10. The van der Waals surface area contributed by atoms with Gasteiger partial charge in [0.15, 0.2) is 0 Å². The summed E-state index contributed by atoms with van der Waals surface area (Å²) in [6.07, 6.45) is 3.46. The van der Waals surface area contributed by atoms with E-state index in [4.69, 9.17) is 4.74 Å². The van der Waals surface area contributed by atoms with Crippen LogP contribution in [0, 0.1) is 0 Å². The third-order valence-electron chi connectivity index (χ3n) is 4.07. The van der Waals surface area contributed by atoms with E-state index in [1.807, 2.05) is 6.07 Å². The summed E-state index contributed by atoms with van der Waals surface area (Å²) in [4.78, 5) is 0. The molecule has 20 heavy (non-hydrogen) atoms. The molecule has 1 atom stereocenters. The fourth-order valence-corrected chi connectivity index (χ4v) is 2.99. The van der Waals surface area contributed by atoms with Crippen molar-refractivity contribution in [3.8, 4) is 5.75 Å². The average molecular weight is 267 g/mol. The second-order valence-corrected chi connectivity index (χ2v) is 5.35. The van der Waals surface area contributed by atoms with Crippen molar-refractivity contribution in [1.82, 2.24) is 5.32 Å². The van der Waals surface area contributed by atoms with E-state index in [1.54, 1.807) is 7.11 Å². The molecular formula is C18H21NO. The maximum Gasteiger partial charge on any atom is 0.119 e. The maximum atomic E-state index is 5.26. The Hall–Kier alpha value is -1.80. The zero-order valence-electron chi connectivity index (χ0n) is 11.9. The first kappa shape index (κ1) is 13.2. The van der Waals surface area contributed by atoms with Gasteiger partial charge >= 0.3 is 0 Å². The lowest BCUT2D eigenvalue weighted by Crippen LogP contribution is -2.21. The van der Waals surface area contributed by atoms with Gasteiger partial charge in [-0.05, 0) is 54.6 Å². The van der Waals surface area contributed by atoms with E-state index in [0.717, 1.165) is 18.7 Å². The van der Waals surface area contributed by atoms with E-state index in [0.29, 0.717) is 6.04 Å². The van der Waals surface area contributed by atoms with Crippen molar-refractivity contribution in [2.45, 2.75) is 25.3 Å². The van der Waals surface area contributed by atoms with Gasteiger partial charge in [-0.15, -0.1) is 0 Å². The highest BCUT2D eigenvalue weighted by Crippen LogP contribution is 2.30. The van der Waals surface area contributed by atoms with E-state index < -0.39 is 0 Å². The number of rotatable bonds is 5. The Kier molecular flexibility index (Phi) is 4.03. The van der Waals surface area contributed by atoms with Crippen LogP contribution in [-0.2, 0) is 12.8 Å². The Morgan fingerprint density at radius 2 is 2.05 bits per heavy atom. The molecule has 2 heteroatoms. The van der Waals surface area contributed by atoms with Gasteiger partial charge in [0.05, 0.1) is 7.11 Å². The summed E-state index contributed by atoms with van der Waals surface area (Å²) in [6, 6.07) is 17.6. The molecule has 0 radical (unpaired) electrons. The molecule has 0 aliphatic heterocycles. The smallest absolute Gasteiger partial charge is 0.119 e. The van der Waals surface area contributed by atoms with E-state index in [2.05, 4.69) is 47.8 Å². The van der Waals surface area contributed by atoms with Gasteiger partial charge < -0.3 is 10.1 Å². The fraction of sp³-hybridized carbons (Fsp3) is 0.333. The minimum absolute atomic E-state index is 0.525. The molecule has 2 aromatic rings. The third kappa shape index (κ3) is 2.86. The third-order valence-corrected chi connectivity index (χ3v) is 4.07. The summed E-state index contributed by atoms with van der Waals surface area (Å²) in [6.45, 7) is 1.01. The molecule has 1 N–H and O–H groups in total. The highest BCUT2D eigenvalue weighted by atomic mass is 16.5. The molecule has 3 rings (SSSR count). The van der Waals surface area contributed by atoms with Crippen LogP contribution in [0.4, 0.5) is 0 Å². The van der Waals surface area contributed by atoms with Crippen LogP contribution in [0.25, 0.3) is 0 Å². The Balaban J connectivity index is 1.56. The highest BCUT2D eigenvalue weighted by Gasteiger charge is 2.20. The predicted octanol–water partition coefficient (Wildman–Crippen LogP) is 3.51. The quantitative estimate of drug-likeness (QED) is 0.895. The first-order valence-electron chi connectivity index (χ1n) is 7.31. The largest absolute Gasteiger partial charge is 0.497 e. The monoisotopic (exact) mass is 267 g/mol. The molecule has 0 saturated heterocycles. The first-order chi connectivity index (χ1) is 9.86. The number of hydrogen-bond donors (Lipinski definition) is 1. The van der Waals surface area contributed by atoms with Gasteiger partial charge in [0.25, 0.3) is 0 Å². The number of ether oxygens (including phenoxy) is 1. The molecule has 1 aliphatic rings. The van der Waals surface area contributed by atoms with Crippen LogP contribution in [-0.4, -0.2) is 13.7 Å². The van der Waals surface area contributed by atoms with Crippen LogP contribution in [0.2, 0.25) is 0 Å². The van der Waals surface area contributed by atoms with Crippen molar-refractivity contribution in [3.63, 3.8) is 0 Å². The first-order valence-corrected chi connectivity index (χ1v) is 7.31. The van der Waals surface area contributed by atoms with Crippen molar-refractivity contribution < 1.29 is 4.74 Å². The SMILES string of the molecule is COc1cccc(CCNC2CCc3ccccc32)c1. The fourth-order valence-electron chi connectivity index (χ4n) is 2.99. The van der Waals surface area contributed by atoms with E-state index >= 15 is 0 Å². The van der Waals surface area contributed by atoms with E-state index in [9.17, 15) is 0 Å². The molecule has 0 heterocycles. The van der Waals surface area contributed by atoms with Crippen LogP contribution in [0.5, 0.6) is 5.75 Å². The van der Waals surface area contributed by atoms with Crippen molar-refractivity contribution in [2.24, 2.45) is 0 Å². The number of aryl methyl sites for hydroxylation is 1. The molecule has 1 unspecified atom stereocenters. The van der Waals surface area contributed by atoms with Crippen molar-refractivity contribution in [3.05, 3.63) is 65.2 Å². The Labute approximate surface area is 120 Å². The van der Waals surface area contributed by atoms with Gasteiger partial charge in [0, 0.05) is 6.04 Å². The number of fused-ring (bicyclic) bond motifs is 1.